The monoisotopic (exact) mass is 346 g/mol. The van der Waals surface area contributed by atoms with Crippen molar-refractivity contribution in [3.63, 3.8) is 0 Å². The number of benzene rings is 1. The minimum atomic E-state index is -0.982. The van der Waals surface area contributed by atoms with E-state index < -0.39 is 5.97 Å². The molecule has 2 aromatic rings. The first-order chi connectivity index (χ1) is 11.3. The summed E-state index contributed by atoms with van der Waals surface area (Å²) in [5.41, 5.74) is 4.02. The average Bonchev–Trinajstić information content (AvgIpc) is 2.86. The molecule has 1 aromatic heterocycles. The highest BCUT2D eigenvalue weighted by Crippen LogP contribution is 2.23. The van der Waals surface area contributed by atoms with Crippen LogP contribution in [0.2, 0.25) is 0 Å². The Hall–Kier alpha value is -2.21. The molecule has 1 aromatic carbocycles. The van der Waals surface area contributed by atoms with Gasteiger partial charge in [0.05, 0.1) is 11.7 Å². The molecule has 0 aliphatic rings. The van der Waals surface area contributed by atoms with E-state index >= 15 is 0 Å². The largest absolute Gasteiger partial charge is 0.477 e. The van der Waals surface area contributed by atoms with Gasteiger partial charge < -0.3 is 10.4 Å². The van der Waals surface area contributed by atoms with Crippen LogP contribution in [0.1, 0.15) is 56.4 Å². The number of aromatic nitrogens is 1. The lowest BCUT2D eigenvalue weighted by molar-refractivity contribution is -0.121. The molecule has 0 bridgehead atoms. The van der Waals surface area contributed by atoms with Crippen molar-refractivity contribution in [3.8, 4) is 0 Å². The molecule has 1 atom stereocenters. The van der Waals surface area contributed by atoms with Gasteiger partial charge in [-0.05, 0) is 39.7 Å². The molecular weight excluding hydrogens is 324 g/mol. The van der Waals surface area contributed by atoms with Gasteiger partial charge in [0.2, 0.25) is 5.91 Å². The van der Waals surface area contributed by atoms with Crippen molar-refractivity contribution in [2.75, 3.05) is 0 Å². The zero-order valence-electron chi connectivity index (χ0n) is 14.3. The Bertz CT molecular complexity index is 747. The molecule has 0 radical (unpaired) electrons. The SMILES string of the molecule is Cc1cc(C)cc(CCC(=O)NC(C)c2nc(C)c(C(=O)O)s2)c1. The van der Waals surface area contributed by atoms with Crippen LogP contribution in [0.3, 0.4) is 0 Å². The van der Waals surface area contributed by atoms with Crippen LogP contribution in [-0.2, 0) is 11.2 Å². The number of nitrogens with zero attached hydrogens (tertiary/aromatic N) is 1. The number of aromatic carboxylic acids is 1. The van der Waals surface area contributed by atoms with Crippen molar-refractivity contribution in [3.05, 3.63) is 50.5 Å². The third-order valence-electron chi connectivity index (χ3n) is 3.68. The molecule has 1 unspecified atom stereocenters. The van der Waals surface area contributed by atoms with E-state index in [0.717, 1.165) is 16.9 Å². The number of rotatable bonds is 6. The summed E-state index contributed by atoms with van der Waals surface area (Å²) in [7, 11) is 0. The normalized spacial score (nSPS) is 12.0. The Morgan fingerprint density at radius 1 is 1.21 bits per heavy atom. The minimum absolute atomic E-state index is 0.0635. The highest BCUT2D eigenvalue weighted by atomic mass is 32.1. The second-order valence-corrected chi connectivity index (χ2v) is 7.09. The van der Waals surface area contributed by atoms with Crippen molar-refractivity contribution in [1.29, 1.82) is 0 Å². The van der Waals surface area contributed by atoms with E-state index in [4.69, 9.17) is 5.11 Å². The molecule has 2 N–H and O–H groups in total. The number of carboxylic acids is 1. The predicted octanol–water partition coefficient (Wildman–Crippen LogP) is 3.58. The summed E-state index contributed by atoms with van der Waals surface area (Å²) in [5, 5.41) is 12.6. The molecule has 24 heavy (non-hydrogen) atoms. The molecule has 0 saturated carbocycles. The number of nitrogens with one attached hydrogen (secondary N) is 1. The molecule has 1 amide bonds. The van der Waals surface area contributed by atoms with Crippen LogP contribution in [-0.4, -0.2) is 22.0 Å². The van der Waals surface area contributed by atoms with Gasteiger partial charge in [0, 0.05) is 6.42 Å². The fraction of sp³-hybridized carbons (Fsp3) is 0.389. The van der Waals surface area contributed by atoms with Gasteiger partial charge in [-0.25, -0.2) is 9.78 Å². The standard InChI is InChI=1S/C18H22N2O3S/c1-10-7-11(2)9-14(8-10)5-6-15(21)19-13(4)17-20-12(3)16(24-17)18(22)23/h7-9,13H,5-6H2,1-4H3,(H,19,21)(H,22,23). The van der Waals surface area contributed by atoms with E-state index in [-0.39, 0.29) is 16.8 Å². The Kier molecular flexibility index (Phi) is 5.72. The number of hydrogen-bond donors (Lipinski definition) is 2. The minimum Gasteiger partial charge on any atom is -0.477 e. The zero-order chi connectivity index (χ0) is 17.9. The fourth-order valence-corrected chi connectivity index (χ4v) is 3.56. The number of amides is 1. The topological polar surface area (TPSA) is 79.3 Å². The summed E-state index contributed by atoms with van der Waals surface area (Å²) in [6.07, 6.45) is 1.07. The summed E-state index contributed by atoms with van der Waals surface area (Å²) in [4.78, 5) is 27.7. The van der Waals surface area contributed by atoms with E-state index in [0.29, 0.717) is 23.5 Å². The predicted molar refractivity (Wildman–Crippen MR) is 94.6 cm³/mol. The van der Waals surface area contributed by atoms with Gasteiger partial charge in [0.25, 0.3) is 0 Å². The van der Waals surface area contributed by atoms with Crippen LogP contribution in [0.25, 0.3) is 0 Å². The van der Waals surface area contributed by atoms with Crippen LogP contribution < -0.4 is 5.32 Å². The van der Waals surface area contributed by atoms with Gasteiger partial charge >= 0.3 is 5.97 Å². The fourth-order valence-electron chi connectivity index (χ4n) is 2.65. The van der Waals surface area contributed by atoms with Crippen LogP contribution in [0, 0.1) is 20.8 Å². The molecule has 2 rings (SSSR count). The van der Waals surface area contributed by atoms with Crippen molar-refractivity contribution in [1.82, 2.24) is 10.3 Å². The second-order valence-electron chi connectivity index (χ2n) is 6.06. The molecule has 5 nitrogen and oxygen atoms in total. The first-order valence-electron chi connectivity index (χ1n) is 7.83. The Morgan fingerprint density at radius 2 is 1.83 bits per heavy atom. The lowest BCUT2D eigenvalue weighted by Crippen LogP contribution is -2.26. The van der Waals surface area contributed by atoms with E-state index in [9.17, 15) is 9.59 Å². The molecule has 128 valence electrons. The molecular formula is C18H22N2O3S. The van der Waals surface area contributed by atoms with Crippen LogP contribution in [0.5, 0.6) is 0 Å². The van der Waals surface area contributed by atoms with Gasteiger partial charge in [-0.3, -0.25) is 4.79 Å². The highest BCUT2D eigenvalue weighted by Gasteiger charge is 2.19. The van der Waals surface area contributed by atoms with Crippen LogP contribution in [0.15, 0.2) is 18.2 Å². The molecule has 0 spiro atoms. The molecule has 6 heteroatoms. The number of thiazole rings is 1. The maximum absolute atomic E-state index is 12.1. The highest BCUT2D eigenvalue weighted by molar-refractivity contribution is 7.13. The zero-order valence-corrected chi connectivity index (χ0v) is 15.2. The van der Waals surface area contributed by atoms with Crippen LogP contribution >= 0.6 is 11.3 Å². The molecule has 1 heterocycles. The van der Waals surface area contributed by atoms with Gasteiger partial charge in [0.1, 0.15) is 9.88 Å². The smallest absolute Gasteiger partial charge is 0.347 e. The van der Waals surface area contributed by atoms with Crippen molar-refractivity contribution in [2.45, 2.75) is 46.6 Å². The number of carboxylic acid groups (broad SMARTS) is 1. The van der Waals surface area contributed by atoms with E-state index in [1.54, 1.807) is 6.92 Å². The number of carbonyl (C=O) groups is 2. The third kappa shape index (κ3) is 4.64. The van der Waals surface area contributed by atoms with E-state index in [1.165, 1.54) is 11.1 Å². The van der Waals surface area contributed by atoms with Crippen LogP contribution in [0.4, 0.5) is 0 Å². The first kappa shape index (κ1) is 18.1. The maximum Gasteiger partial charge on any atom is 0.347 e. The second kappa shape index (κ2) is 7.57. The molecule has 0 fully saturated rings. The Balaban J connectivity index is 1.94. The Labute approximate surface area is 145 Å². The summed E-state index contributed by atoms with van der Waals surface area (Å²) in [5.74, 6) is -1.05. The first-order valence-corrected chi connectivity index (χ1v) is 8.65. The maximum atomic E-state index is 12.1. The Morgan fingerprint density at radius 3 is 2.38 bits per heavy atom. The van der Waals surface area contributed by atoms with Gasteiger partial charge in [-0.2, -0.15) is 0 Å². The van der Waals surface area contributed by atoms with Crippen molar-refractivity contribution >= 4 is 23.2 Å². The van der Waals surface area contributed by atoms with E-state index in [1.807, 2.05) is 20.8 Å². The molecule has 0 saturated heterocycles. The van der Waals surface area contributed by atoms with Crippen molar-refractivity contribution < 1.29 is 14.7 Å². The van der Waals surface area contributed by atoms with Crippen molar-refractivity contribution in [2.24, 2.45) is 0 Å². The van der Waals surface area contributed by atoms with Gasteiger partial charge in [-0.1, -0.05) is 29.3 Å². The summed E-state index contributed by atoms with van der Waals surface area (Å²) in [6, 6.07) is 5.99. The number of carbonyl (C=O) groups excluding carboxylic acids is 1. The lowest BCUT2D eigenvalue weighted by Gasteiger charge is -2.11. The summed E-state index contributed by atoms with van der Waals surface area (Å²) >= 11 is 1.11. The average molecular weight is 346 g/mol. The lowest BCUT2D eigenvalue weighted by atomic mass is 10.0. The van der Waals surface area contributed by atoms with E-state index in [2.05, 4.69) is 28.5 Å². The number of aryl methyl sites for hydroxylation is 4. The number of hydrogen-bond acceptors (Lipinski definition) is 4. The third-order valence-corrected chi connectivity index (χ3v) is 5.01. The summed E-state index contributed by atoms with van der Waals surface area (Å²) in [6.45, 7) is 7.57. The quantitative estimate of drug-likeness (QED) is 0.838. The summed E-state index contributed by atoms with van der Waals surface area (Å²) < 4.78 is 0. The molecule has 0 aliphatic heterocycles. The van der Waals surface area contributed by atoms with Gasteiger partial charge in [0.15, 0.2) is 0 Å². The van der Waals surface area contributed by atoms with Gasteiger partial charge in [-0.15, -0.1) is 11.3 Å². The molecule has 0 aliphatic carbocycles.